The van der Waals surface area contributed by atoms with E-state index in [-0.39, 0.29) is 40.6 Å². The Kier molecular flexibility index (Phi) is 7.21. The van der Waals surface area contributed by atoms with Crippen LogP contribution in [0.3, 0.4) is 0 Å². The number of ether oxygens (including phenoxy) is 3. The zero-order valence-corrected chi connectivity index (χ0v) is 24.2. The quantitative estimate of drug-likeness (QED) is 0.422. The molecule has 222 valence electrons. The third-order valence-electron chi connectivity index (χ3n) is 8.91. The molecule has 0 bridgehead atoms. The number of nitrogens with zero attached hydrogens (tertiary/aromatic N) is 4. The van der Waals surface area contributed by atoms with Crippen molar-refractivity contribution in [3.63, 3.8) is 0 Å². The number of benzene rings is 2. The highest BCUT2D eigenvalue weighted by Gasteiger charge is 2.52. The summed E-state index contributed by atoms with van der Waals surface area (Å²) in [4.78, 5) is 18.0. The van der Waals surface area contributed by atoms with Crippen molar-refractivity contribution in [3.05, 3.63) is 58.4 Å². The van der Waals surface area contributed by atoms with Crippen LogP contribution in [-0.2, 0) is 19.7 Å². The summed E-state index contributed by atoms with van der Waals surface area (Å²) in [7, 11) is -2.60. The molecule has 3 aliphatic rings. The van der Waals surface area contributed by atoms with Crippen molar-refractivity contribution in [2.45, 2.75) is 57.3 Å². The van der Waals surface area contributed by atoms with Gasteiger partial charge in [0.05, 0.1) is 36.1 Å². The largest absolute Gasteiger partial charge is 0.453 e. The Hall–Kier alpha value is -3.57. The van der Waals surface area contributed by atoms with Crippen LogP contribution in [-0.4, -0.2) is 54.9 Å². The number of fused-ring (bicyclic) bond motifs is 1. The van der Waals surface area contributed by atoms with Crippen LogP contribution in [0.4, 0.5) is 10.1 Å². The maximum Gasteiger partial charge on any atom is 0.301 e. The molecule has 11 nitrogen and oxygen atoms in total. The van der Waals surface area contributed by atoms with Crippen molar-refractivity contribution in [2.75, 3.05) is 31.5 Å². The predicted molar refractivity (Wildman–Crippen MR) is 152 cm³/mol. The molecule has 0 radical (unpaired) electrons. The van der Waals surface area contributed by atoms with Crippen LogP contribution >= 0.6 is 0 Å². The minimum Gasteiger partial charge on any atom is -0.453 e. The van der Waals surface area contributed by atoms with Gasteiger partial charge in [0.25, 0.3) is 5.56 Å². The molecule has 2 aliphatic carbocycles. The third kappa shape index (κ3) is 5.02. The molecule has 13 heteroatoms. The van der Waals surface area contributed by atoms with E-state index in [0.717, 1.165) is 55.0 Å². The number of anilines is 1. The fourth-order valence-corrected chi connectivity index (χ4v) is 7.23. The first kappa shape index (κ1) is 28.5. The number of rotatable bonds is 7. The Balaban J connectivity index is 1.24. The van der Waals surface area contributed by atoms with Crippen LogP contribution in [0.2, 0.25) is 0 Å². The van der Waals surface area contributed by atoms with Gasteiger partial charge >= 0.3 is 10.2 Å². The van der Waals surface area contributed by atoms with Crippen LogP contribution in [0.5, 0.6) is 11.5 Å². The number of aromatic nitrogens is 2. The zero-order chi connectivity index (χ0) is 29.7. The van der Waals surface area contributed by atoms with Gasteiger partial charge in [0, 0.05) is 32.5 Å². The first-order valence-electron chi connectivity index (χ1n) is 14.0. The number of nitriles is 1. The van der Waals surface area contributed by atoms with Crippen LogP contribution in [0.25, 0.3) is 10.9 Å². The molecular weight excluding hydrogens is 565 g/mol. The minimum atomic E-state index is -3.97. The molecule has 1 aromatic heterocycles. The molecule has 3 aromatic rings. The van der Waals surface area contributed by atoms with Gasteiger partial charge in [0.2, 0.25) is 0 Å². The number of hydrogen-bond donors (Lipinski definition) is 1. The molecule has 42 heavy (non-hydrogen) atoms. The van der Waals surface area contributed by atoms with Gasteiger partial charge in [-0.25, -0.2) is 9.37 Å². The molecule has 3 fully saturated rings. The lowest BCUT2D eigenvalue weighted by atomic mass is 9.57. The average molecular weight is 598 g/mol. The van der Waals surface area contributed by atoms with E-state index in [4.69, 9.17) is 14.2 Å². The van der Waals surface area contributed by atoms with Gasteiger partial charge < -0.3 is 14.2 Å². The smallest absolute Gasteiger partial charge is 0.301 e. The van der Waals surface area contributed by atoms with E-state index in [1.807, 2.05) is 6.07 Å². The third-order valence-corrected chi connectivity index (χ3v) is 10.5. The maximum atomic E-state index is 14.9. The lowest BCUT2D eigenvalue weighted by molar-refractivity contribution is -0.202. The Morgan fingerprint density at radius 2 is 1.90 bits per heavy atom. The van der Waals surface area contributed by atoms with Crippen LogP contribution in [0, 0.1) is 22.6 Å². The highest BCUT2D eigenvalue weighted by Crippen LogP contribution is 2.59. The summed E-state index contributed by atoms with van der Waals surface area (Å²) in [5, 5.41) is 10.1. The van der Waals surface area contributed by atoms with Crippen molar-refractivity contribution >= 4 is 26.8 Å². The molecule has 2 spiro atoms. The standard InChI is InChI=1S/C29H32FN5O6S/c1-3-34(2)42(37,38)33-25-7-5-23(30)26(22(25)17-31)41-20-4-6-24-21(14-20)27(36)35(18-32-24)19-15-28(16-19)8-10-29(11-9-28)39-12-13-40-29/h4-7,14,18-19,33H,3,8-13,15-16H2,1-2H3. The number of hydrogen-bond acceptors (Lipinski definition) is 8. The monoisotopic (exact) mass is 597 g/mol. The van der Waals surface area contributed by atoms with E-state index in [9.17, 15) is 22.9 Å². The summed E-state index contributed by atoms with van der Waals surface area (Å²) in [6.45, 7) is 3.13. The number of nitrogens with one attached hydrogen (secondary N) is 1. The molecule has 0 unspecified atom stereocenters. The Bertz CT molecular complexity index is 1730. The fraction of sp³-hybridized carbons (Fsp3) is 0.483. The molecule has 2 aromatic carbocycles. The summed E-state index contributed by atoms with van der Waals surface area (Å²) in [6.07, 6.45) is 7.04. The Morgan fingerprint density at radius 1 is 1.19 bits per heavy atom. The SMILES string of the molecule is CCN(C)S(=O)(=O)Nc1ccc(F)c(Oc2ccc3ncn(C4CC5(CCC6(CC5)OCCO6)C4)c(=O)c3c2)c1C#N. The molecule has 6 rings (SSSR count). The normalized spacial score (nSPS) is 19.7. The second-order valence-corrected chi connectivity index (χ2v) is 13.1. The van der Waals surface area contributed by atoms with Gasteiger partial charge in [0.15, 0.2) is 17.4 Å². The van der Waals surface area contributed by atoms with Gasteiger partial charge in [-0.2, -0.15) is 18.0 Å². The van der Waals surface area contributed by atoms with E-state index >= 15 is 0 Å². The number of halogens is 1. The molecule has 0 atom stereocenters. The second-order valence-electron chi connectivity index (χ2n) is 11.3. The molecule has 1 N–H and O–H groups in total. The van der Waals surface area contributed by atoms with Crippen molar-refractivity contribution < 1.29 is 27.0 Å². The van der Waals surface area contributed by atoms with Gasteiger partial charge in [-0.05, 0) is 61.4 Å². The lowest BCUT2D eigenvalue weighted by Gasteiger charge is -2.53. The fourth-order valence-electron chi connectivity index (χ4n) is 6.29. The van der Waals surface area contributed by atoms with Crippen molar-refractivity contribution in [3.8, 4) is 17.6 Å². The molecule has 1 saturated heterocycles. The first-order valence-corrected chi connectivity index (χ1v) is 15.4. The molecule has 2 heterocycles. The highest BCUT2D eigenvalue weighted by molar-refractivity contribution is 7.90. The Morgan fingerprint density at radius 3 is 2.57 bits per heavy atom. The molecule has 2 saturated carbocycles. The molecular formula is C29H32FN5O6S. The van der Waals surface area contributed by atoms with E-state index in [0.29, 0.717) is 24.1 Å². The van der Waals surface area contributed by atoms with Crippen LogP contribution < -0.4 is 15.0 Å². The van der Waals surface area contributed by atoms with Gasteiger partial charge in [-0.3, -0.25) is 14.1 Å². The van der Waals surface area contributed by atoms with Crippen molar-refractivity contribution in [1.29, 1.82) is 5.26 Å². The van der Waals surface area contributed by atoms with E-state index in [1.165, 1.54) is 19.2 Å². The van der Waals surface area contributed by atoms with Crippen LogP contribution in [0.15, 0.2) is 41.5 Å². The summed E-state index contributed by atoms with van der Waals surface area (Å²) in [5.41, 5.74) is -0.0521. The molecule has 1 aliphatic heterocycles. The summed E-state index contributed by atoms with van der Waals surface area (Å²) in [5.74, 6) is -1.62. The minimum absolute atomic E-state index is 0.0204. The van der Waals surface area contributed by atoms with E-state index in [1.54, 1.807) is 23.9 Å². The van der Waals surface area contributed by atoms with Crippen LogP contribution in [0.1, 0.15) is 57.1 Å². The zero-order valence-electron chi connectivity index (χ0n) is 23.4. The topological polar surface area (TPSA) is 136 Å². The van der Waals surface area contributed by atoms with E-state index < -0.39 is 27.6 Å². The van der Waals surface area contributed by atoms with Gasteiger partial charge in [-0.15, -0.1) is 0 Å². The van der Waals surface area contributed by atoms with E-state index in [2.05, 4.69) is 9.71 Å². The highest BCUT2D eigenvalue weighted by atomic mass is 32.2. The summed E-state index contributed by atoms with van der Waals surface area (Å²) < 4.78 is 62.5. The average Bonchev–Trinajstić information content (AvgIpc) is 3.42. The first-order chi connectivity index (χ1) is 20.1. The summed E-state index contributed by atoms with van der Waals surface area (Å²) >= 11 is 0. The van der Waals surface area contributed by atoms with Gasteiger partial charge in [-0.1, -0.05) is 6.92 Å². The predicted octanol–water partition coefficient (Wildman–Crippen LogP) is 4.45. The van der Waals surface area contributed by atoms with Crippen molar-refractivity contribution in [2.24, 2.45) is 5.41 Å². The van der Waals surface area contributed by atoms with Gasteiger partial charge in [0.1, 0.15) is 17.4 Å². The second kappa shape index (κ2) is 10.6. The Labute approximate surface area is 243 Å². The maximum absolute atomic E-state index is 14.9. The molecule has 0 amide bonds. The lowest BCUT2D eigenvalue weighted by Crippen LogP contribution is -2.48. The summed E-state index contributed by atoms with van der Waals surface area (Å²) in [6, 6.07) is 8.61. The van der Waals surface area contributed by atoms with Crippen molar-refractivity contribution in [1.82, 2.24) is 13.9 Å².